The van der Waals surface area contributed by atoms with Crippen LogP contribution in [0.3, 0.4) is 0 Å². The van der Waals surface area contributed by atoms with Crippen LogP contribution in [0, 0.1) is 18.8 Å². The van der Waals surface area contributed by atoms with Crippen molar-refractivity contribution in [3.63, 3.8) is 0 Å². The number of carbonyl (C=O) groups excluding carboxylic acids is 1. The maximum absolute atomic E-state index is 12.0. The second kappa shape index (κ2) is 5.89. The number of hydrogen-bond acceptors (Lipinski definition) is 2. The van der Waals surface area contributed by atoms with Crippen molar-refractivity contribution >= 4 is 11.6 Å². The fourth-order valence-corrected chi connectivity index (χ4v) is 1.67. The summed E-state index contributed by atoms with van der Waals surface area (Å²) in [7, 11) is 0. The Balaban J connectivity index is 2.28. The number of H-pyrrole nitrogens is 1. The molecule has 4 nitrogen and oxygen atoms in total. The molecular weight excluding hydrogens is 240 g/mol. The second-order valence-corrected chi connectivity index (χ2v) is 4.05. The molecule has 0 aliphatic carbocycles. The lowest BCUT2D eigenvalue weighted by Crippen LogP contribution is -2.13. The summed E-state index contributed by atoms with van der Waals surface area (Å²) in [6.07, 6.45) is 1.69. The van der Waals surface area contributed by atoms with Crippen LogP contribution in [-0.4, -0.2) is 22.6 Å². The average Bonchev–Trinajstić information content (AvgIpc) is 2.92. The van der Waals surface area contributed by atoms with Crippen molar-refractivity contribution in [1.82, 2.24) is 4.98 Å². The van der Waals surface area contributed by atoms with Crippen molar-refractivity contribution in [2.24, 2.45) is 0 Å². The Labute approximate surface area is 111 Å². The van der Waals surface area contributed by atoms with E-state index in [-0.39, 0.29) is 12.5 Å². The molecule has 0 unspecified atom stereocenters. The predicted molar refractivity (Wildman–Crippen MR) is 73.9 cm³/mol. The van der Waals surface area contributed by atoms with E-state index in [0.717, 1.165) is 5.56 Å². The summed E-state index contributed by atoms with van der Waals surface area (Å²) in [5.74, 6) is 5.17. The molecule has 0 radical (unpaired) electrons. The molecule has 3 N–H and O–H groups in total. The number of aliphatic hydroxyl groups is 1. The van der Waals surface area contributed by atoms with Crippen LogP contribution in [0.15, 0.2) is 36.5 Å². The van der Waals surface area contributed by atoms with Gasteiger partial charge in [-0.1, -0.05) is 17.9 Å². The third kappa shape index (κ3) is 3.24. The SMILES string of the molecule is Cc1ccc(C#CCO)c(NC(=O)c2ccc[nH]2)c1. The van der Waals surface area contributed by atoms with Crippen LogP contribution in [0.4, 0.5) is 5.69 Å². The molecule has 1 amide bonds. The van der Waals surface area contributed by atoms with Crippen molar-refractivity contribution in [2.45, 2.75) is 6.92 Å². The van der Waals surface area contributed by atoms with Crippen LogP contribution in [0.25, 0.3) is 0 Å². The van der Waals surface area contributed by atoms with Gasteiger partial charge in [0.2, 0.25) is 0 Å². The summed E-state index contributed by atoms with van der Waals surface area (Å²) >= 11 is 0. The van der Waals surface area contributed by atoms with Crippen LogP contribution in [0.5, 0.6) is 0 Å². The van der Waals surface area contributed by atoms with E-state index in [2.05, 4.69) is 22.1 Å². The third-order valence-corrected chi connectivity index (χ3v) is 2.57. The zero-order valence-corrected chi connectivity index (χ0v) is 10.5. The normalized spacial score (nSPS) is 9.58. The number of aryl methyl sites for hydroxylation is 1. The fraction of sp³-hybridized carbons (Fsp3) is 0.133. The van der Waals surface area contributed by atoms with Gasteiger partial charge in [-0.25, -0.2) is 0 Å². The number of amides is 1. The Morgan fingerprint density at radius 2 is 2.26 bits per heavy atom. The number of nitrogens with one attached hydrogen (secondary N) is 2. The van der Waals surface area contributed by atoms with Crippen molar-refractivity contribution in [1.29, 1.82) is 0 Å². The number of aliphatic hydroxyl groups excluding tert-OH is 1. The molecule has 0 fully saturated rings. The minimum absolute atomic E-state index is 0.210. The van der Waals surface area contributed by atoms with Crippen LogP contribution in [0.2, 0.25) is 0 Å². The summed E-state index contributed by atoms with van der Waals surface area (Å²) in [5, 5.41) is 11.5. The number of aromatic amines is 1. The molecule has 4 heteroatoms. The number of anilines is 1. The Hall–Kier alpha value is -2.51. The Bertz CT molecular complexity index is 634. The van der Waals surface area contributed by atoms with Gasteiger partial charge in [0.25, 0.3) is 5.91 Å². The highest BCUT2D eigenvalue weighted by atomic mass is 16.2. The van der Waals surface area contributed by atoms with Gasteiger partial charge < -0.3 is 15.4 Å². The summed E-state index contributed by atoms with van der Waals surface area (Å²) in [5.41, 5.74) is 2.83. The van der Waals surface area contributed by atoms with E-state index < -0.39 is 0 Å². The number of rotatable bonds is 2. The molecular formula is C15H14N2O2. The molecule has 2 rings (SSSR count). The van der Waals surface area contributed by atoms with Crippen molar-refractivity contribution in [3.05, 3.63) is 53.3 Å². The molecule has 0 bridgehead atoms. The molecule has 0 aliphatic rings. The van der Waals surface area contributed by atoms with Crippen LogP contribution >= 0.6 is 0 Å². The van der Waals surface area contributed by atoms with Gasteiger partial charge in [-0.3, -0.25) is 4.79 Å². The summed E-state index contributed by atoms with van der Waals surface area (Å²) in [4.78, 5) is 14.8. The van der Waals surface area contributed by atoms with Gasteiger partial charge in [-0.15, -0.1) is 0 Å². The molecule has 0 aliphatic heterocycles. The molecule has 0 spiro atoms. The minimum Gasteiger partial charge on any atom is -0.384 e. The predicted octanol–water partition coefficient (Wildman–Crippen LogP) is 1.92. The van der Waals surface area contributed by atoms with E-state index in [0.29, 0.717) is 16.9 Å². The van der Waals surface area contributed by atoms with Gasteiger partial charge in [0, 0.05) is 11.8 Å². The van der Waals surface area contributed by atoms with Crippen LogP contribution < -0.4 is 5.32 Å². The minimum atomic E-state index is -0.220. The van der Waals surface area contributed by atoms with E-state index in [1.54, 1.807) is 18.3 Å². The van der Waals surface area contributed by atoms with Gasteiger partial charge in [0.15, 0.2) is 0 Å². The first-order valence-electron chi connectivity index (χ1n) is 5.86. The lowest BCUT2D eigenvalue weighted by molar-refractivity contribution is 0.102. The molecule has 2 aromatic rings. The Kier molecular flexibility index (Phi) is 4.01. The molecule has 1 aromatic heterocycles. The quantitative estimate of drug-likeness (QED) is 0.717. The molecule has 0 saturated carbocycles. The Morgan fingerprint density at radius 3 is 2.95 bits per heavy atom. The van der Waals surface area contributed by atoms with Gasteiger partial charge in [-0.05, 0) is 36.8 Å². The summed E-state index contributed by atoms with van der Waals surface area (Å²) < 4.78 is 0. The average molecular weight is 254 g/mol. The topological polar surface area (TPSA) is 65.1 Å². The summed E-state index contributed by atoms with van der Waals surface area (Å²) in [6, 6.07) is 9.04. The van der Waals surface area contributed by atoms with Gasteiger partial charge in [0.05, 0.1) is 5.69 Å². The van der Waals surface area contributed by atoms with Crippen molar-refractivity contribution < 1.29 is 9.90 Å². The van der Waals surface area contributed by atoms with Crippen LogP contribution in [-0.2, 0) is 0 Å². The molecule has 1 aromatic carbocycles. The highest BCUT2D eigenvalue weighted by Crippen LogP contribution is 2.17. The van der Waals surface area contributed by atoms with Crippen molar-refractivity contribution in [3.8, 4) is 11.8 Å². The zero-order valence-electron chi connectivity index (χ0n) is 10.5. The number of benzene rings is 1. The lowest BCUT2D eigenvalue weighted by atomic mass is 10.1. The third-order valence-electron chi connectivity index (χ3n) is 2.57. The zero-order chi connectivity index (χ0) is 13.7. The number of aromatic nitrogens is 1. The van der Waals surface area contributed by atoms with Crippen molar-refractivity contribution in [2.75, 3.05) is 11.9 Å². The Morgan fingerprint density at radius 1 is 1.42 bits per heavy atom. The van der Waals surface area contributed by atoms with Gasteiger partial charge in [0.1, 0.15) is 12.3 Å². The molecule has 96 valence electrons. The standard InChI is InChI=1S/C15H14N2O2/c1-11-6-7-12(4-3-9-18)14(10-11)17-15(19)13-5-2-8-16-13/h2,5-8,10,16,18H,9H2,1H3,(H,17,19). The summed E-state index contributed by atoms with van der Waals surface area (Å²) in [6.45, 7) is 1.73. The fourth-order valence-electron chi connectivity index (χ4n) is 1.67. The van der Waals surface area contributed by atoms with E-state index in [9.17, 15) is 4.79 Å². The molecule has 0 atom stereocenters. The second-order valence-electron chi connectivity index (χ2n) is 4.05. The molecule has 19 heavy (non-hydrogen) atoms. The smallest absolute Gasteiger partial charge is 0.272 e. The van der Waals surface area contributed by atoms with E-state index in [1.165, 1.54) is 0 Å². The molecule has 0 saturated heterocycles. The first-order chi connectivity index (χ1) is 9.20. The van der Waals surface area contributed by atoms with E-state index in [1.807, 2.05) is 25.1 Å². The maximum Gasteiger partial charge on any atom is 0.272 e. The first-order valence-corrected chi connectivity index (χ1v) is 5.86. The monoisotopic (exact) mass is 254 g/mol. The van der Waals surface area contributed by atoms with Gasteiger partial charge in [-0.2, -0.15) is 0 Å². The number of hydrogen-bond donors (Lipinski definition) is 3. The first kappa shape index (κ1) is 12.9. The van der Waals surface area contributed by atoms with E-state index in [4.69, 9.17) is 5.11 Å². The van der Waals surface area contributed by atoms with E-state index >= 15 is 0 Å². The van der Waals surface area contributed by atoms with Gasteiger partial charge >= 0.3 is 0 Å². The largest absolute Gasteiger partial charge is 0.384 e. The highest BCUT2D eigenvalue weighted by molar-refractivity contribution is 6.03. The number of carbonyl (C=O) groups is 1. The van der Waals surface area contributed by atoms with Crippen LogP contribution in [0.1, 0.15) is 21.6 Å². The molecule has 1 heterocycles. The lowest BCUT2D eigenvalue weighted by Gasteiger charge is -2.07. The maximum atomic E-state index is 12.0. The highest BCUT2D eigenvalue weighted by Gasteiger charge is 2.08.